The van der Waals surface area contributed by atoms with Crippen molar-refractivity contribution in [2.24, 2.45) is 0 Å². The molecule has 0 bridgehead atoms. The van der Waals surface area contributed by atoms with E-state index in [0.29, 0.717) is 23.8 Å². The third-order valence-corrected chi connectivity index (χ3v) is 14.6. The number of aliphatic hydroxyl groups is 3. The molecule has 2 fully saturated rings. The Morgan fingerprint density at radius 2 is 1.35 bits per heavy atom. The number of ether oxygens (including phenoxy) is 2. The fourth-order valence-electron chi connectivity index (χ4n) is 6.19. The van der Waals surface area contributed by atoms with E-state index in [1.807, 2.05) is 4.98 Å². The molecule has 0 spiro atoms. The Balaban J connectivity index is 1.08. The molecule has 2 aromatic rings. The number of amides is 1. The number of rotatable bonds is 26. The van der Waals surface area contributed by atoms with Gasteiger partial charge in [-0.15, -0.1) is 0 Å². The highest BCUT2D eigenvalue weighted by atomic mass is 79.9. The number of nitrogens with one attached hydrogen (secondary N) is 3. The summed E-state index contributed by atoms with van der Waals surface area (Å²) in [6.45, 7) is -1.73. The number of hydrogen-bond donors (Lipinski definition) is 11. The number of aliphatic hydroxyl groups excluding tert-OH is 3. The van der Waals surface area contributed by atoms with Gasteiger partial charge in [-0.05, 0) is 28.8 Å². The van der Waals surface area contributed by atoms with Crippen molar-refractivity contribution < 1.29 is 94.5 Å². The zero-order chi connectivity index (χ0) is 48.3. The maximum absolute atomic E-state index is 12.6. The Kier molecular flexibility index (Phi) is 20.4. The fourth-order valence-corrected chi connectivity index (χ4v) is 10.3. The first-order valence-electron chi connectivity index (χ1n) is 19.3. The van der Waals surface area contributed by atoms with E-state index in [0.717, 1.165) is 36.4 Å². The second kappa shape index (κ2) is 24.1. The van der Waals surface area contributed by atoms with Crippen LogP contribution in [0.15, 0.2) is 42.1 Å². The molecule has 2 aromatic heterocycles. The molecule has 10 atom stereocenters. The smallest absolute Gasteiger partial charge is 0.390 e. The van der Waals surface area contributed by atoms with Crippen LogP contribution in [0, 0.1) is 0 Å². The van der Waals surface area contributed by atoms with Gasteiger partial charge in [0.15, 0.2) is 6.23 Å². The van der Waals surface area contributed by atoms with E-state index < -0.39 is 110 Å². The van der Waals surface area contributed by atoms with Gasteiger partial charge in [-0.3, -0.25) is 47.1 Å². The van der Waals surface area contributed by atoms with E-state index in [1.54, 1.807) is 0 Å². The molecule has 2 aliphatic rings. The van der Waals surface area contributed by atoms with Crippen LogP contribution in [0.25, 0.3) is 6.08 Å². The Labute approximate surface area is 374 Å². The van der Waals surface area contributed by atoms with Gasteiger partial charge in [0.05, 0.1) is 36.0 Å². The minimum atomic E-state index is -5.84. The van der Waals surface area contributed by atoms with Crippen molar-refractivity contribution in [1.82, 2.24) is 24.4 Å². The Bertz CT molecular complexity index is 2420. The van der Waals surface area contributed by atoms with Crippen molar-refractivity contribution >= 4 is 59.2 Å². The van der Waals surface area contributed by atoms with Crippen molar-refractivity contribution in [1.29, 1.82) is 0 Å². The van der Waals surface area contributed by atoms with Crippen molar-refractivity contribution in [3.05, 3.63) is 70.2 Å². The molecule has 65 heavy (non-hydrogen) atoms. The number of aromatic nitrogens is 4. The lowest BCUT2D eigenvalue weighted by molar-refractivity contribution is -0.121. The van der Waals surface area contributed by atoms with Crippen LogP contribution in [0.1, 0.15) is 75.8 Å². The maximum atomic E-state index is 12.6. The van der Waals surface area contributed by atoms with Crippen molar-refractivity contribution in [3.63, 3.8) is 0 Å². The molecule has 2 saturated heterocycles. The summed E-state index contributed by atoms with van der Waals surface area (Å²) in [5.41, 5.74) is -3.53. The molecule has 34 heteroatoms. The lowest BCUT2D eigenvalue weighted by Gasteiger charge is -2.19. The van der Waals surface area contributed by atoms with E-state index in [4.69, 9.17) is 28.3 Å². The van der Waals surface area contributed by atoms with Crippen LogP contribution in [0.5, 0.6) is 0 Å². The number of H-pyrrole nitrogens is 2. The lowest BCUT2D eigenvalue weighted by atomic mass is 10.1. The molecule has 1 amide bonds. The number of halogens is 1. The van der Waals surface area contributed by atoms with Crippen molar-refractivity contribution in [2.45, 2.75) is 101 Å². The van der Waals surface area contributed by atoms with Gasteiger partial charge in [0.25, 0.3) is 11.1 Å². The molecule has 2 aliphatic heterocycles. The number of hydrogen-bond acceptors (Lipinski definition) is 19. The van der Waals surface area contributed by atoms with E-state index in [-0.39, 0.29) is 41.9 Å². The normalized spacial score (nSPS) is 25.3. The lowest BCUT2D eigenvalue weighted by Crippen LogP contribution is -2.38. The second-order valence-corrected chi connectivity index (χ2v) is 21.0. The minimum Gasteiger partial charge on any atom is -0.390 e. The maximum Gasteiger partial charge on any atom is 0.490 e. The highest BCUT2D eigenvalue weighted by Crippen LogP contribution is 2.66. The van der Waals surface area contributed by atoms with Gasteiger partial charge in [-0.2, -0.15) is 8.62 Å². The van der Waals surface area contributed by atoms with Gasteiger partial charge in [0.1, 0.15) is 30.6 Å². The fraction of sp³-hybridized carbons (Fsp3) is 0.645. The average molecular weight is 1080 g/mol. The summed E-state index contributed by atoms with van der Waals surface area (Å²) >= 11 is 3.01. The zero-order valence-electron chi connectivity index (χ0n) is 33.7. The molecule has 0 saturated carbocycles. The molecule has 29 nitrogen and oxygen atoms in total. The summed E-state index contributed by atoms with van der Waals surface area (Å²) in [5.74, 6) is -0.286. The van der Waals surface area contributed by atoms with Gasteiger partial charge in [-0.1, -0.05) is 44.3 Å². The first-order chi connectivity index (χ1) is 30.3. The Hall–Kier alpha value is -2.63. The van der Waals surface area contributed by atoms with E-state index >= 15 is 0 Å². The van der Waals surface area contributed by atoms with E-state index in [1.165, 1.54) is 18.3 Å². The van der Waals surface area contributed by atoms with Crippen LogP contribution in [-0.4, -0.2) is 122 Å². The third kappa shape index (κ3) is 17.8. The Morgan fingerprint density at radius 1 is 0.754 bits per heavy atom. The number of carbonyl (C=O) groups is 1. The van der Waals surface area contributed by atoms with Gasteiger partial charge in [0, 0.05) is 31.8 Å². The number of aromatic amines is 2. The van der Waals surface area contributed by atoms with Crippen molar-refractivity contribution in [3.8, 4) is 0 Å². The van der Waals surface area contributed by atoms with Crippen LogP contribution in [0.4, 0.5) is 0 Å². The summed E-state index contributed by atoms with van der Waals surface area (Å²) in [6, 6.07) is 0. The second-order valence-electron chi connectivity index (χ2n) is 14.3. The quantitative estimate of drug-likeness (QED) is 0.0431. The first kappa shape index (κ1) is 55.0. The summed E-state index contributed by atoms with van der Waals surface area (Å²) in [7, 11) is -21.6. The monoisotopic (exact) mass is 1080 g/mol. The number of nitrogens with zero attached hydrogens (tertiary/aromatic N) is 2. The van der Waals surface area contributed by atoms with Gasteiger partial charge in [-0.25, -0.2) is 27.8 Å². The molecule has 0 radical (unpaired) electrons. The minimum absolute atomic E-state index is 0.0228. The third-order valence-electron chi connectivity index (χ3n) is 9.28. The van der Waals surface area contributed by atoms with Crippen LogP contribution in [0.3, 0.4) is 0 Å². The number of phosphoric ester groups is 2. The molecule has 368 valence electrons. The molecule has 0 aliphatic carbocycles. The molecule has 11 N–H and O–H groups in total. The first-order valence-corrected chi connectivity index (χ1v) is 26.1. The van der Waals surface area contributed by atoms with E-state index in [9.17, 15) is 72.2 Å². The molecule has 4 rings (SSSR count). The van der Waals surface area contributed by atoms with Crippen LogP contribution in [0.2, 0.25) is 0 Å². The molecular formula is C31H48BrN5O24P4. The van der Waals surface area contributed by atoms with Gasteiger partial charge >= 0.3 is 42.7 Å². The molecule has 0 aromatic carbocycles. The van der Waals surface area contributed by atoms with Crippen molar-refractivity contribution in [2.75, 3.05) is 26.4 Å². The van der Waals surface area contributed by atoms with Crippen LogP contribution >= 0.6 is 47.2 Å². The highest BCUT2D eigenvalue weighted by Gasteiger charge is 2.47. The number of carbonyl (C=O) groups excluding carboxylic acids is 1. The van der Waals surface area contributed by atoms with Gasteiger partial charge in [0.2, 0.25) is 5.91 Å². The molecule has 10 unspecified atom stereocenters. The largest absolute Gasteiger partial charge is 0.490 e. The van der Waals surface area contributed by atoms with Crippen LogP contribution < -0.4 is 27.8 Å². The summed E-state index contributed by atoms with van der Waals surface area (Å²) < 4.78 is 81.0. The zero-order valence-corrected chi connectivity index (χ0v) is 38.9. The molecular weight excluding hydrogens is 1030 g/mol. The average Bonchev–Trinajstić information content (AvgIpc) is 3.70. The topological polar surface area (TPSA) is 434 Å². The number of unbranched alkanes of at least 4 members (excludes halogenated alkanes) is 6. The van der Waals surface area contributed by atoms with Crippen LogP contribution in [-0.2, 0) is 54.7 Å². The summed E-state index contributed by atoms with van der Waals surface area (Å²) in [6.07, 6.45) is -0.525. The highest BCUT2D eigenvalue weighted by molar-refractivity contribution is 9.10. The van der Waals surface area contributed by atoms with Gasteiger partial charge < -0.3 is 54.6 Å². The van der Waals surface area contributed by atoms with E-state index in [2.05, 4.69) is 39.4 Å². The predicted octanol–water partition coefficient (Wildman–Crippen LogP) is -0.156. The summed E-state index contributed by atoms with van der Waals surface area (Å²) in [5, 5.41) is 33.8. The molecule has 4 heterocycles. The summed E-state index contributed by atoms with van der Waals surface area (Å²) in [4.78, 5) is 111. The number of phosphoric acid groups is 4. The SMILES string of the molecule is O=C(CCCCCCCCCOP(=O)(O)OCC1OC(n2cc(Br)c(=O)[nH]c2=O)CC1O)NC/C=C/c1cn(C2OC(COP(=O)(O)OP(=O)(O)OP(=O)(O)O)C(O)C2O)c(=O)[nH]c1=O. The predicted molar refractivity (Wildman–Crippen MR) is 221 cm³/mol. The standard InChI is InChI=1S/C31H48BrN5O24P4/c32-19-15-36(30(44)35-28(19)43)24-13-20(38)21(58-24)16-56-63(49,50)55-12-7-5-3-1-2-4-6-10-23(39)33-11-8-9-18-14-37(31(45)34-27(18)42)29-26(41)25(40)22(59-29)17-57-64(51,52)61-65(53,54)60-62(46,47)48/h8-9,14-15,20-22,24-26,29,38,40-41H,1-7,10-13,16-17H2,(H,33,39)(H,49,50)(H,51,52)(H,53,54)(H,34,42,45)(H,35,43,44)(H2,46,47,48)/b9-8+. The Morgan fingerprint density at radius 3 is 2.03 bits per heavy atom.